The largest absolute Gasteiger partial charge is 0.419 e. The summed E-state index contributed by atoms with van der Waals surface area (Å²) in [5.74, 6) is 0.109. The monoisotopic (exact) mass is 541 g/mol. The lowest BCUT2D eigenvalue weighted by atomic mass is 10.2. The summed E-state index contributed by atoms with van der Waals surface area (Å²) in [6, 6.07) is 7.40. The molecule has 38 heavy (non-hydrogen) atoms. The van der Waals surface area contributed by atoms with Crippen LogP contribution in [-0.4, -0.2) is 79.9 Å². The van der Waals surface area contributed by atoms with Crippen LogP contribution in [0.5, 0.6) is 0 Å². The molecule has 3 aromatic heterocycles. The highest BCUT2D eigenvalue weighted by Crippen LogP contribution is 2.31. The molecule has 2 fully saturated rings. The van der Waals surface area contributed by atoms with Gasteiger partial charge in [0.1, 0.15) is 0 Å². The molecule has 0 spiro atoms. The van der Waals surface area contributed by atoms with Gasteiger partial charge in [0.2, 0.25) is 11.9 Å². The Bertz CT molecular complexity index is 1480. The van der Waals surface area contributed by atoms with Gasteiger partial charge >= 0.3 is 6.18 Å². The summed E-state index contributed by atoms with van der Waals surface area (Å²) in [7, 11) is 0. The minimum atomic E-state index is -4.50. The average Bonchev–Trinajstić information content (AvgIpc) is 3.68. The van der Waals surface area contributed by atoms with Gasteiger partial charge in [-0.15, -0.1) is 11.3 Å². The van der Waals surface area contributed by atoms with Crippen molar-refractivity contribution in [3.05, 3.63) is 65.0 Å². The lowest BCUT2D eigenvalue weighted by Crippen LogP contribution is -2.52. The van der Waals surface area contributed by atoms with Crippen molar-refractivity contribution < 1.29 is 22.8 Å². The maximum absolute atomic E-state index is 12.9. The Morgan fingerprint density at radius 3 is 2.47 bits per heavy atom. The van der Waals surface area contributed by atoms with Gasteiger partial charge in [-0.05, 0) is 24.3 Å². The quantitative estimate of drug-likeness (QED) is 0.393. The molecule has 5 heterocycles. The molecule has 1 aromatic carbocycles. The summed E-state index contributed by atoms with van der Waals surface area (Å²) < 4.78 is 40.2. The number of benzene rings is 1. The van der Waals surface area contributed by atoms with Gasteiger partial charge in [0, 0.05) is 86.4 Å². The van der Waals surface area contributed by atoms with Crippen LogP contribution in [-0.2, 0) is 11.0 Å². The number of carbonyl (C=O) groups is 2. The number of thiazole rings is 1. The lowest BCUT2D eigenvalue weighted by molar-refractivity contribution is -0.138. The zero-order valence-electron chi connectivity index (χ0n) is 20.0. The van der Waals surface area contributed by atoms with Crippen molar-refractivity contribution in [1.29, 1.82) is 0 Å². The molecule has 2 aliphatic rings. The van der Waals surface area contributed by atoms with Gasteiger partial charge in [-0.1, -0.05) is 0 Å². The van der Waals surface area contributed by atoms with Crippen molar-refractivity contribution in [3.63, 3.8) is 0 Å². The second-order valence-corrected chi connectivity index (χ2v) is 10.1. The molecule has 1 atom stereocenters. The SMILES string of the molecule is O=C(c1nccs1)N1CCN([C@@H]2CC(=O)N(c3ccc4c(ccn4-c4ncc(C(F)(F)F)cn4)c3)C2)CC1. The summed E-state index contributed by atoms with van der Waals surface area (Å²) in [6.45, 7) is 3.12. The van der Waals surface area contributed by atoms with Crippen molar-refractivity contribution in [2.45, 2.75) is 18.6 Å². The molecular formula is C25H22F3N7O2S. The number of hydrogen-bond acceptors (Lipinski definition) is 7. The molecule has 2 aliphatic heterocycles. The van der Waals surface area contributed by atoms with Crippen LogP contribution in [0.25, 0.3) is 16.9 Å². The molecule has 0 N–H and O–H groups in total. The lowest BCUT2D eigenvalue weighted by Gasteiger charge is -2.37. The van der Waals surface area contributed by atoms with Gasteiger partial charge in [0.15, 0.2) is 5.01 Å². The number of piperazine rings is 1. The fourth-order valence-corrected chi connectivity index (χ4v) is 5.60. The highest BCUT2D eigenvalue weighted by molar-refractivity contribution is 7.11. The van der Waals surface area contributed by atoms with Crippen LogP contribution in [0.3, 0.4) is 0 Å². The average molecular weight is 542 g/mol. The van der Waals surface area contributed by atoms with Gasteiger partial charge in [-0.2, -0.15) is 13.2 Å². The van der Waals surface area contributed by atoms with E-state index in [2.05, 4.69) is 19.9 Å². The molecule has 0 unspecified atom stereocenters. The molecular weight excluding hydrogens is 519 g/mol. The summed E-state index contributed by atoms with van der Waals surface area (Å²) >= 11 is 1.33. The Labute approximate surface area is 219 Å². The summed E-state index contributed by atoms with van der Waals surface area (Å²) in [6.07, 6.45) is 0.748. The van der Waals surface area contributed by atoms with Crippen LogP contribution in [0.4, 0.5) is 18.9 Å². The summed E-state index contributed by atoms with van der Waals surface area (Å²) in [4.78, 5) is 43.2. The van der Waals surface area contributed by atoms with E-state index < -0.39 is 11.7 Å². The van der Waals surface area contributed by atoms with Crippen molar-refractivity contribution in [2.24, 2.45) is 0 Å². The molecule has 9 nitrogen and oxygen atoms in total. The molecule has 0 aliphatic carbocycles. The van der Waals surface area contributed by atoms with Crippen LogP contribution < -0.4 is 4.90 Å². The minimum Gasteiger partial charge on any atom is -0.334 e. The zero-order chi connectivity index (χ0) is 26.4. The van der Waals surface area contributed by atoms with Crippen LogP contribution in [0.15, 0.2) is 54.4 Å². The maximum Gasteiger partial charge on any atom is 0.419 e. The zero-order valence-corrected chi connectivity index (χ0v) is 20.8. The number of alkyl halides is 3. The Morgan fingerprint density at radius 2 is 1.79 bits per heavy atom. The van der Waals surface area contributed by atoms with Crippen LogP contribution in [0, 0.1) is 0 Å². The number of rotatable bonds is 4. The topological polar surface area (TPSA) is 87.5 Å². The highest BCUT2D eigenvalue weighted by atomic mass is 32.1. The van der Waals surface area contributed by atoms with E-state index in [9.17, 15) is 22.8 Å². The third-order valence-corrected chi connectivity index (χ3v) is 7.77. The van der Waals surface area contributed by atoms with Crippen molar-refractivity contribution in [2.75, 3.05) is 37.6 Å². The Kier molecular flexibility index (Phi) is 6.11. The first-order chi connectivity index (χ1) is 18.3. The van der Waals surface area contributed by atoms with E-state index in [4.69, 9.17) is 0 Å². The Morgan fingerprint density at radius 1 is 1.03 bits per heavy atom. The predicted molar refractivity (Wildman–Crippen MR) is 134 cm³/mol. The standard InChI is InChI=1S/C25H22F3N7O2S/c26-25(27,28)17-13-30-24(31-14-17)34-5-3-16-11-18(1-2-20(16)34)35-15-19(12-21(35)36)32-6-8-33(9-7-32)23(37)22-29-4-10-38-22/h1-5,10-11,13-14,19H,6-9,12,15H2/t19-/m1/s1. The number of carbonyl (C=O) groups excluding carboxylic acids is 2. The fourth-order valence-electron chi connectivity index (χ4n) is 5.00. The molecule has 4 aromatic rings. The number of fused-ring (bicyclic) bond motifs is 1. The minimum absolute atomic E-state index is 0.0288. The van der Waals surface area contributed by atoms with E-state index in [0.29, 0.717) is 44.2 Å². The summed E-state index contributed by atoms with van der Waals surface area (Å²) in [5.41, 5.74) is 0.570. The maximum atomic E-state index is 12.9. The van der Waals surface area contributed by atoms with E-state index >= 15 is 0 Å². The Hall–Kier alpha value is -3.84. The molecule has 13 heteroatoms. The molecule has 0 bridgehead atoms. The first-order valence-corrected chi connectivity index (χ1v) is 12.9. The summed E-state index contributed by atoms with van der Waals surface area (Å²) in [5, 5.41) is 3.10. The second kappa shape index (κ2) is 9.48. The number of nitrogens with zero attached hydrogens (tertiary/aromatic N) is 7. The van der Waals surface area contributed by atoms with Crippen molar-refractivity contribution >= 4 is 39.7 Å². The Balaban J connectivity index is 1.13. The highest BCUT2D eigenvalue weighted by Gasteiger charge is 2.36. The number of amides is 2. The van der Waals surface area contributed by atoms with Crippen molar-refractivity contribution in [1.82, 2.24) is 29.3 Å². The van der Waals surface area contributed by atoms with Crippen LogP contribution >= 0.6 is 11.3 Å². The smallest absolute Gasteiger partial charge is 0.334 e. The van der Waals surface area contributed by atoms with Gasteiger partial charge in [0.25, 0.3) is 5.91 Å². The molecule has 6 rings (SSSR count). The molecule has 0 saturated carbocycles. The molecule has 0 radical (unpaired) electrons. The first kappa shape index (κ1) is 24.5. The molecule has 196 valence electrons. The number of halogens is 3. The van der Waals surface area contributed by atoms with Gasteiger partial charge in [0.05, 0.1) is 11.1 Å². The van der Waals surface area contributed by atoms with Crippen LogP contribution in [0.2, 0.25) is 0 Å². The first-order valence-electron chi connectivity index (χ1n) is 12.0. The number of anilines is 1. The number of hydrogen-bond donors (Lipinski definition) is 0. The van der Waals surface area contributed by atoms with Crippen molar-refractivity contribution in [3.8, 4) is 5.95 Å². The molecule has 2 saturated heterocycles. The third kappa shape index (κ3) is 4.52. The third-order valence-electron chi connectivity index (χ3n) is 7.00. The van der Waals surface area contributed by atoms with E-state index in [-0.39, 0.29) is 23.8 Å². The van der Waals surface area contributed by atoms with E-state index in [1.165, 1.54) is 11.3 Å². The normalized spacial score (nSPS) is 19.0. The van der Waals surface area contributed by atoms with E-state index in [0.717, 1.165) is 29.0 Å². The second-order valence-electron chi connectivity index (χ2n) is 9.23. The van der Waals surface area contributed by atoms with E-state index in [1.807, 2.05) is 29.2 Å². The van der Waals surface area contributed by atoms with E-state index in [1.54, 1.807) is 27.2 Å². The van der Waals surface area contributed by atoms with Gasteiger partial charge < -0.3 is 9.80 Å². The predicted octanol–water partition coefficient (Wildman–Crippen LogP) is 3.46. The molecule has 2 amide bonds. The van der Waals surface area contributed by atoms with Crippen LogP contribution in [0.1, 0.15) is 21.8 Å². The van der Waals surface area contributed by atoms with Gasteiger partial charge in [-0.3, -0.25) is 19.1 Å². The fraction of sp³-hybridized carbons (Fsp3) is 0.320. The van der Waals surface area contributed by atoms with Gasteiger partial charge in [-0.25, -0.2) is 15.0 Å². The number of aromatic nitrogens is 4.